The summed E-state index contributed by atoms with van der Waals surface area (Å²) in [7, 11) is 4.22. The summed E-state index contributed by atoms with van der Waals surface area (Å²) in [4.78, 5) is 6.62. The molecule has 1 rings (SSSR count). The molecule has 0 saturated heterocycles. The van der Waals surface area contributed by atoms with Crippen LogP contribution in [0.5, 0.6) is 0 Å². The van der Waals surface area contributed by atoms with Gasteiger partial charge in [0.05, 0.1) is 0 Å². The van der Waals surface area contributed by atoms with Gasteiger partial charge < -0.3 is 10.2 Å². The molecule has 18 heavy (non-hydrogen) atoms. The maximum Gasteiger partial charge on any atom is 0.126 e. The second kappa shape index (κ2) is 6.02. The predicted octanol–water partition coefficient (Wildman–Crippen LogP) is 3.54. The molecule has 0 fully saturated rings. The van der Waals surface area contributed by atoms with Gasteiger partial charge >= 0.3 is 0 Å². The average Bonchev–Trinajstić information content (AvgIpc) is 2.21. The van der Waals surface area contributed by atoms with E-state index in [1.54, 1.807) is 0 Å². The number of nitrogens with one attached hydrogen (secondary N) is 1. The van der Waals surface area contributed by atoms with Crippen molar-refractivity contribution < 1.29 is 0 Å². The van der Waals surface area contributed by atoms with Gasteiger partial charge in [-0.15, -0.1) is 0 Å². The number of pyridine rings is 1. The van der Waals surface area contributed by atoms with Crippen molar-refractivity contribution in [3.05, 3.63) is 22.3 Å². The van der Waals surface area contributed by atoms with Gasteiger partial charge in [-0.3, -0.25) is 0 Å². The lowest BCUT2D eigenvalue weighted by Crippen LogP contribution is -2.41. The van der Waals surface area contributed by atoms with E-state index in [1.807, 2.05) is 6.20 Å². The van der Waals surface area contributed by atoms with E-state index < -0.39 is 0 Å². The van der Waals surface area contributed by atoms with Crippen molar-refractivity contribution in [3.8, 4) is 0 Å². The molecular formula is C14H24BrN3. The van der Waals surface area contributed by atoms with Crippen molar-refractivity contribution in [2.75, 3.05) is 26.0 Å². The Morgan fingerprint density at radius 2 is 2.06 bits per heavy atom. The van der Waals surface area contributed by atoms with Gasteiger partial charge in [-0.1, -0.05) is 13.8 Å². The monoisotopic (exact) mass is 313 g/mol. The first-order valence-electron chi connectivity index (χ1n) is 6.26. The highest BCUT2D eigenvalue weighted by Crippen LogP contribution is 2.25. The molecule has 1 aromatic rings. The third-order valence-corrected chi connectivity index (χ3v) is 4.14. The minimum atomic E-state index is 0.187. The van der Waals surface area contributed by atoms with E-state index in [0.29, 0.717) is 6.04 Å². The third-order valence-electron chi connectivity index (χ3n) is 3.31. The van der Waals surface area contributed by atoms with Crippen LogP contribution < -0.4 is 5.32 Å². The molecule has 0 aliphatic rings. The van der Waals surface area contributed by atoms with Crippen LogP contribution in [0.15, 0.2) is 16.7 Å². The van der Waals surface area contributed by atoms with Crippen molar-refractivity contribution in [1.29, 1.82) is 0 Å². The highest BCUT2D eigenvalue weighted by molar-refractivity contribution is 9.10. The number of aromatic nitrogens is 1. The Labute approximate surface area is 119 Å². The molecule has 1 atom stereocenters. The predicted molar refractivity (Wildman–Crippen MR) is 82.1 cm³/mol. The average molecular weight is 314 g/mol. The molecule has 3 nitrogen and oxygen atoms in total. The zero-order valence-corrected chi connectivity index (χ0v) is 13.8. The highest BCUT2D eigenvalue weighted by Gasteiger charge is 2.26. The van der Waals surface area contributed by atoms with Gasteiger partial charge in [-0.2, -0.15) is 0 Å². The molecule has 1 heterocycles. The first-order chi connectivity index (χ1) is 8.22. The molecule has 0 radical (unpaired) electrons. The molecular weight excluding hydrogens is 290 g/mol. The number of nitrogens with zero attached hydrogens (tertiary/aromatic N) is 2. The van der Waals surface area contributed by atoms with Crippen molar-refractivity contribution in [2.24, 2.45) is 5.41 Å². The summed E-state index contributed by atoms with van der Waals surface area (Å²) in [6, 6.07) is 2.43. The smallest absolute Gasteiger partial charge is 0.126 e. The fourth-order valence-electron chi connectivity index (χ4n) is 1.99. The van der Waals surface area contributed by atoms with Gasteiger partial charge in [0.1, 0.15) is 5.82 Å². The number of rotatable bonds is 5. The summed E-state index contributed by atoms with van der Waals surface area (Å²) in [6.45, 7) is 9.87. The summed E-state index contributed by atoms with van der Waals surface area (Å²) in [6.07, 6.45) is 1.85. The number of hydrogen-bond donors (Lipinski definition) is 1. The van der Waals surface area contributed by atoms with Crippen molar-refractivity contribution >= 4 is 21.7 Å². The van der Waals surface area contributed by atoms with Crippen LogP contribution in [0, 0.1) is 12.3 Å². The van der Waals surface area contributed by atoms with Crippen molar-refractivity contribution in [1.82, 2.24) is 9.88 Å². The van der Waals surface area contributed by atoms with E-state index in [9.17, 15) is 0 Å². The van der Waals surface area contributed by atoms with Crippen LogP contribution in [-0.4, -0.2) is 36.6 Å². The van der Waals surface area contributed by atoms with Crippen LogP contribution >= 0.6 is 15.9 Å². The first-order valence-corrected chi connectivity index (χ1v) is 7.05. The lowest BCUT2D eigenvalue weighted by Gasteiger charge is -2.35. The summed E-state index contributed by atoms with van der Waals surface area (Å²) >= 11 is 3.47. The molecule has 0 aliphatic heterocycles. The van der Waals surface area contributed by atoms with E-state index in [-0.39, 0.29) is 5.41 Å². The van der Waals surface area contributed by atoms with E-state index in [4.69, 9.17) is 0 Å². The van der Waals surface area contributed by atoms with Gasteiger partial charge in [0.15, 0.2) is 0 Å². The molecule has 0 saturated carbocycles. The Balaban J connectivity index is 2.74. The summed E-state index contributed by atoms with van der Waals surface area (Å²) in [5.41, 5.74) is 1.39. The number of aryl methyl sites for hydroxylation is 1. The second-order valence-corrected chi connectivity index (χ2v) is 6.77. The Morgan fingerprint density at radius 3 is 2.56 bits per heavy atom. The maximum atomic E-state index is 4.40. The quantitative estimate of drug-likeness (QED) is 0.901. The summed E-state index contributed by atoms with van der Waals surface area (Å²) in [5, 5.41) is 3.50. The molecule has 1 aromatic heterocycles. The SMILES string of the molecule is Cc1cc(NC(C)C(C)(C)CN(C)C)ncc1Br. The first kappa shape index (κ1) is 15.4. The summed E-state index contributed by atoms with van der Waals surface area (Å²) in [5.74, 6) is 0.940. The van der Waals surface area contributed by atoms with Gasteiger partial charge in [0.2, 0.25) is 0 Å². The fourth-order valence-corrected chi connectivity index (χ4v) is 2.20. The summed E-state index contributed by atoms with van der Waals surface area (Å²) < 4.78 is 1.05. The lowest BCUT2D eigenvalue weighted by atomic mass is 9.85. The standard InChI is InChI=1S/C14H24BrN3/c1-10-7-13(16-8-12(10)15)17-11(2)14(3,4)9-18(5)6/h7-8,11H,9H2,1-6H3,(H,16,17). The molecule has 0 spiro atoms. The van der Waals surface area contributed by atoms with Crippen LogP contribution in [-0.2, 0) is 0 Å². The fraction of sp³-hybridized carbons (Fsp3) is 0.643. The number of halogens is 1. The minimum Gasteiger partial charge on any atom is -0.367 e. The largest absolute Gasteiger partial charge is 0.367 e. The zero-order valence-electron chi connectivity index (χ0n) is 12.2. The van der Waals surface area contributed by atoms with E-state index in [2.05, 4.69) is 79.0 Å². The molecule has 1 N–H and O–H groups in total. The Kier molecular flexibility index (Phi) is 5.17. The normalized spacial score (nSPS) is 13.8. The number of anilines is 1. The van der Waals surface area contributed by atoms with E-state index >= 15 is 0 Å². The van der Waals surface area contributed by atoms with Gasteiger partial charge in [0, 0.05) is 23.3 Å². The molecule has 0 aliphatic carbocycles. The zero-order chi connectivity index (χ0) is 13.9. The van der Waals surface area contributed by atoms with Gasteiger partial charge in [0.25, 0.3) is 0 Å². The molecule has 0 amide bonds. The Bertz CT molecular complexity index is 402. The molecule has 0 bridgehead atoms. The molecule has 4 heteroatoms. The van der Waals surface area contributed by atoms with Crippen LogP contribution in [0.3, 0.4) is 0 Å². The van der Waals surface area contributed by atoms with Crippen molar-refractivity contribution in [3.63, 3.8) is 0 Å². The van der Waals surface area contributed by atoms with Gasteiger partial charge in [-0.05, 0) is 60.9 Å². The molecule has 0 aromatic carbocycles. The topological polar surface area (TPSA) is 28.2 Å². The number of hydrogen-bond acceptors (Lipinski definition) is 3. The van der Waals surface area contributed by atoms with Crippen LogP contribution in [0.2, 0.25) is 0 Å². The van der Waals surface area contributed by atoms with Crippen LogP contribution in [0.25, 0.3) is 0 Å². The Morgan fingerprint density at radius 1 is 1.44 bits per heavy atom. The lowest BCUT2D eigenvalue weighted by molar-refractivity contribution is 0.217. The van der Waals surface area contributed by atoms with E-state index in [0.717, 1.165) is 16.8 Å². The van der Waals surface area contributed by atoms with Crippen molar-refractivity contribution in [2.45, 2.75) is 33.7 Å². The van der Waals surface area contributed by atoms with E-state index in [1.165, 1.54) is 5.56 Å². The second-order valence-electron chi connectivity index (χ2n) is 5.91. The van der Waals surface area contributed by atoms with Crippen LogP contribution in [0.1, 0.15) is 26.3 Å². The molecule has 1 unspecified atom stereocenters. The molecule has 102 valence electrons. The minimum absolute atomic E-state index is 0.187. The highest BCUT2D eigenvalue weighted by atomic mass is 79.9. The Hall–Kier alpha value is -0.610. The van der Waals surface area contributed by atoms with Gasteiger partial charge in [-0.25, -0.2) is 4.98 Å². The maximum absolute atomic E-state index is 4.40. The van der Waals surface area contributed by atoms with Crippen LogP contribution in [0.4, 0.5) is 5.82 Å². The third kappa shape index (κ3) is 4.25.